The summed E-state index contributed by atoms with van der Waals surface area (Å²) in [6, 6.07) is 4.22. The number of fused-ring (bicyclic) bond motifs is 1. The van der Waals surface area contributed by atoms with E-state index in [1.54, 1.807) is 11.3 Å². The Morgan fingerprint density at radius 3 is 2.75 bits per heavy atom. The van der Waals surface area contributed by atoms with Crippen molar-refractivity contribution in [2.45, 2.75) is 51.6 Å². The zero-order chi connectivity index (χ0) is 14.3. The lowest BCUT2D eigenvalue weighted by Gasteiger charge is -2.26. The first-order valence-electron chi connectivity index (χ1n) is 7.15. The van der Waals surface area contributed by atoms with Crippen LogP contribution in [0.1, 0.15) is 47.9 Å². The fourth-order valence-corrected chi connectivity index (χ4v) is 4.44. The van der Waals surface area contributed by atoms with Crippen molar-refractivity contribution in [3.63, 3.8) is 0 Å². The Labute approximate surface area is 128 Å². The Balaban J connectivity index is 2.10. The number of aryl methyl sites for hydroxylation is 2. The smallest absolute Gasteiger partial charge is 0.106 e. The molecule has 0 spiro atoms. The molecule has 3 nitrogen and oxygen atoms in total. The number of hydrogen-bond acceptors (Lipinski definition) is 3. The van der Waals surface area contributed by atoms with E-state index >= 15 is 0 Å². The molecule has 3 rings (SSSR count). The van der Waals surface area contributed by atoms with Crippen LogP contribution in [0.2, 0.25) is 4.34 Å². The number of imidazole rings is 1. The van der Waals surface area contributed by atoms with E-state index in [0.29, 0.717) is 0 Å². The summed E-state index contributed by atoms with van der Waals surface area (Å²) in [6.45, 7) is 4.15. The van der Waals surface area contributed by atoms with Gasteiger partial charge in [0.2, 0.25) is 0 Å². The minimum absolute atomic E-state index is 0.0312. The van der Waals surface area contributed by atoms with Gasteiger partial charge in [-0.2, -0.15) is 0 Å². The Morgan fingerprint density at radius 2 is 2.10 bits per heavy atom. The highest BCUT2D eigenvalue weighted by molar-refractivity contribution is 7.16. The van der Waals surface area contributed by atoms with E-state index in [2.05, 4.69) is 24.5 Å². The highest BCUT2D eigenvalue weighted by atomic mass is 35.5. The predicted molar refractivity (Wildman–Crippen MR) is 84.7 cm³/mol. The van der Waals surface area contributed by atoms with Gasteiger partial charge in [0.25, 0.3) is 0 Å². The van der Waals surface area contributed by atoms with Gasteiger partial charge in [0.05, 0.1) is 16.1 Å². The molecule has 0 fully saturated rings. The SMILES string of the molecule is Cc1nc2c(n1C(c1ccc(Cl)s1)C(C)N)CCCC2. The van der Waals surface area contributed by atoms with Gasteiger partial charge < -0.3 is 10.3 Å². The van der Waals surface area contributed by atoms with Gasteiger partial charge in [-0.3, -0.25) is 0 Å². The van der Waals surface area contributed by atoms with E-state index in [1.807, 2.05) is 6.07 Å². The molecule has 2 heterocycles. The molecule has 2 atom stereocenters. The molecular weight excluding hydrogens is 290 g/mol. The molecule has 0 aromatic carbocycles. The van der Waals surface area contributed by atoms with Gasteiger partial charge in [0.15, 0.2) is 0 Å². The van der Waals surface area contributed by atoms with Crippen molar-refractivity contribution in [3.05, 3.63) is 38.6 Å². The van der Waals surface area contributed by atoms with Gasteiger partial charge in [-0.05, 0) is 51.7 Å². The van der Waals surface area contributed by atoms with E-state index < -0.39 is 0 Å². The van der Waals surface area contributed by atoms with Crippen LogP contribution in [0.3, 0.4) is 0 Å². The summed E-state index contributed by atoms with van der Waals surface area (Å²) < 4.78 is 3.17. The second kappa shape index (κ2) is 5.51. The van der Waals surface area contributed by atoms with Crippen molar-refractivity contribution in [2.24, 2.45) is 5.73 Å². The molecule has 5 heteroatoms. The van der Waals surface area contributed by atoms with Crippen molar-refractivity contribution in [1.29, 1.82) is 0 Å². The van der Waals surface area contributed by atoms with E-state index in [4.69, 9.17) is 22.3 Å². The molecule has 108 valence electrons. The zero-order valence-electron chi connectivity index (χ0n) is 11.9. The molecule has 0 bridgehead atoms. The van der Waals surface area contributed by atoms with Gasteiger partial charge in [-0.1, -0.05) is 11.6 Å². The maximum atomic E-state index is 6.29. The minimum atomic E-state index is 0.0312. The van der Waals surface area contributed by atoms with Crippen LogP contribution in [-0.2, 0) is 12.8 Å². The first-order valence-corrected chi connectivity index (χ1v) is 8.34. The molecular formula is C15H20ClN3S. The van der Waals surface area contributed by atoms with E-state index in [1.165, 1.54) is 29.1 Å². The Morgan fingerprint density at radius 1 is 1.35 bits per heavy atom. The summed E-state index contributed by atoms with van der Waals surface area (Å²) in [6.07, 6.45) is 4.70. The maximum Gasteiger partial charge on any atom is 0.106 e. The lowest BCUT2D eigenvalue weighted by Crippen LogP contribution is -2.31. The van der Waals surface area contributed by atoms with Crippen molar-refractivity contribution in [2.75, 3.05) is 0 Å². The molecule has 0 amide bonds. The first-order chi connectivity index (χ1) is 9.58. The number of rotatable bonds is 3. The van der Waals surface area contributed by atoms with Crippen LogP contribution in [0.15, 0.2) is 12.1 Å². The van der Waals surface area contributed by atoms with Crippen LogP contribution in [0.4, 0.5) is 0 Å². The molecule has 0 saturated carbocycles. The summed E-state index contributed by atoms with van der Waals surface area (Å²) in [5.74, 6) is 1.07. The molecule has 2 N–H and O–H groups in total. The summed E-state index contributed by atoms with van der Waals surface area (Å²) in [5, 5.41) is 0. The van der Waals surface area contributed by atoms with Gasteiger partial charge >= 0.3 is 0 Å². The molecule has 0 radical (unpaired) electrons. The van der Waals surface area contributed by atoms with Gasteiger partial charge in [-0.25, -0.2) is 4.98 Å². The molecule has 2 aromatic heterocycles. The number of nitrogens with two attached hydrogens (primary N) is 1. The van der Waals surface area contributed by atoms with Crippen LogP contribution >= 0.6 is 22.9 Å². The zero-order valence-corrected chi connectivity index (χ0v) is 13.5. The topological polar surface area (TPSA) is 43.8 Å². The summed E-state index contributed by atoms with van der Waals surface area (Å²) in [4.78, 5) is 5.99. The largest absolute Gasteiger partial charge is 0.326 e. The molecule has 0 aliphatic heterocycles. The van der Waals surface area contributed by atoms with Crippen LogP contribution in [0.25, 0.3) is 0 Å². The van der Waals surface area contributed by atoms with Gasteiger partial charge in [0.1, 0.15) is 5.82 Å². The predicted octanol–water partition coefficient (Wildman–Crippen LogP) is 3.72. The molecule has 0 saturated heterocycles. The normalized spacial score (nSPS) is 17.8. The average molecular weight is 310 g/mol. The lowest BCUT2D eigenvalue weighted by atomic mass is 9.99. The first kappa shape index (κ1) is 14.1. The summed E-state index contributed by atoms with van der Waals surface area (Å²) >= 11 is 7.73. The minimum Gasteiger partial charge on any atom is -0.326 e. The number of halogens is 1. The summed E-state index contributed by atoms with van der Waals surface area (Å²) in [7, 11) is 0. The van der Waals surface area contributed by atoms with E-state index in [-0.39, 0.29) is 12.1 Å². The van der Waals surface area contributed by atoms with Crippen LogP contribution in [0.5, 0.6) is 0 Å². The van der Waals surface area contributed by atoms with Gasteiger partial charge in [-0.15, -0.1) is 11.3 Å². The monoisotopic (exact) mass is 309 g/mol. The van der Waals surface area contributed by atoms with Crippen molar-refractivity contribution >= 4 is 22.9 Å². The Bertz CT molecular complexity index is 615. The van der Waals surface area contributed by atoms with Crippen LogP contribution < -0.4 is 5.73 Å². The highest BCUT2D eigenvalue weighted by Crippen LogP contribution is 2.35. The fourth-order valence-electron chi connectivity index (χ4n) is 3.18. The second-order valence-corrected chi connectivity index (χ2v) is 7.32. The number of aromatic nitrogens is 2. The number of thiophene rings is 1. The van der Waals surface area contributed by atoms with E-state index in [9.17, 15) is 0 Å². The highest BCUT2D eigenvalue weighted by Gasteiger charge is 2.27. The molecule has 2 aromatic rings. The van der Waals surface area contributed by atoms with Crippen LogP contribution in [0, 0.1) is 6.92 Å². The average Bonchev–Trinajstić information content (AvgIpc) is 2.95. The van der Waals surface area contributed by atoms with E-state index in [0.717, 1.165) is 23.0 Å². The summed E-state index contributed by atoms with van der Waals surface area (Å²) in [5.41, 5.74) is 8.93. The van der Waals surface area contributed by atoms with Gasteiger partial charge in [0, 0.05) is 16.6 Å². The Kier molecular flexibility index (Phi) is 3.89. The molecule has 2 unspecified atom stereocenters. The second-order valence-electron chi connectivity index (χ2n) is 5.58. The quantitative estimate of drug-likeness (QED) is 0.939. The maximum absolute atomic E-state index is 6.29. The Hall–Kier alpha value is -0.840. The van der Waals surface area contributed by atoms with Crippen molar-refractivity contribution in [3.8, 4) is 0 Å². The molecule has 1 aliphatic carbocycles. The third-order valence-corrected chi connectivity index (χ3v) is 5.31. The standard InChI is InChI=1S/C15H20ClN3S/c1-9(17)15(13-7-8-14(16)20-13)19-10(2)18-11-5-3-4-6-12(11)19/h7-9,15H,3-6,17H2,1-2H3. The van der Waals surface area contributed by atoms with Crippen LogP contribution in [-0.4, -0.2) is 15.6 Å². The number of hydrogen-bond donors (Lipinski definition) is 1. The molecule has 20 heavy (non-hydrogen) atoms. The van der Waals surface area contributed by atoms with Crippen molar-refractivity contribution < 1.29 is 0 Å². The molecule has 1 aliphatic rings. The van der Waals surface area contributed by atoms with Crippen molar-refractivity contribution in [1.82, 2.24) is 9.55 Å². The third-order valence-electron chi connectivity index (χ3n) is 4.01. The number of nitrogens with zero attached hydrogens (tertiary/aromatic N) is 2. The fraction of sp³-hybridized carbons (Fsp3) is 0.533. The lowest BCUT2D eigenvalue weighted by molar-refractivity contribution is 0.471. The third kappa shape index (κ3) is 2.41.